The Labute approximate surface area is 106 Å². The van der Waals surface area contributed by atoms with Crippen LogP contribution in [0.5, 0.6) is 0 Å². The van der Waals surface area contributed by atoms with Gasteiger partial charge in [0.25, 0.3) is 0 Å². The Balaban J connectivity index is 2.22. The summed E-state index contributed by atoms with van der Waals surface area (Å²) in [5.41, 5.74) is 9.81. The number of carbonyl (C=O) groups is 1. The van der Waals surface area contributed by atoms with Gasteiger partial charge < -0.3 is 4.90 Å². The number of hydrogen-bond acceptors (Lipinski definition) is 2. The molecular weight excluding hydrogens is 228 g/mol. The average molecular weight is 244 g/mol. The molecule has 1 aromatic rings. The van der Waals surface area contributed by atoms with Crippen molar-refractivity contribution in [1.82, 2.24) is 0 Å². The molecule has 0 unspecified atom stereocenters. The van der Waals surface area contributed by atoms with Crippen molar-refractivity contribution in [2.75, 3.05) is 18.0 Å². The fourth-order valence-electron chi connectivity index (χ4n) is 2.37. The second-order valence-corrected chi connectivity index (χ2v) is 4.91. The third-order valence-electron chi connectivity index (χ3n) is 3.35. The zero-order chi connectivity index (χ0) is 13.2. The van der Waals surface area contributed by atoms with Crippen molar-refractivity contribution in [1.29, 1.82) is 0 Å². The zero-order valence-electron chi connectivity index (χ0n) is 10.6. The summed E-state index contributed by atoms with van der Waals surface area (Å²) in [5.74, 6) is 0.115. The second-order valence-electron chi connectivity index (χ2n) is 4.91. The van der Waals surface area contributed by atoms with E-state index >= 15 is 0 Å². The monoisotopic (exact) mass is 244 g/mol. The molecule has 18 heavy (non-hydrogen) atoms. The number of azide groups is 1. The van der Waals surface area contributed by atoms with Crippen LogP contribution >= 0.6 is 0 Å². The molecule has 0 radical (unpaired) electrons. The first-order chi connectivity index (χ1) is 8.59. The summed E-state index contributed by atoms with van der Waals surface area (Å²) in [4.78, 5) is 16.9. The number of fused-ring (bicyclic) bond motifs is 1. The highest BCUT2D eigenvalue weighted by Crippen LogP contribution is 2.41. The number of benzene rings is 1. The van der Waals surface area contributed by atoms with E-state index in [1.807, 2.05) is 38.1 Å². The molecule has 0 saturated carbocycles. The zero-order valence-corrected chi connectivity index (χ0v) is 10.6. The van der Waals surface area contributed by atoms with Gasteiger partial charge >= 0.3 is 0 Å². The lowest BCUT2D eigenvalue weighted by Gasteiger charge is -2.20. The summed E-state index contributed by atoms with van der Waals surface area (Å²) in [6.07, 6.45) is 0.681. The minimum absolute atomic E-state index is 0.115. The number of para-hydroxylation sites is 1. The Kier molecular flexibility index (Phi) is 3.26. The van der Waals surface area contributed by atoms with Crippen LogP contribution in [0.1, 0.15) is 25.8 Å². The van der Waals surface area contributed by atoms with Crippen LogP contribution in [0.4, 0.5) is 5.69 Å². The average Bonchev–Trinajstić information content (AvgIpc) is 2.56. The largest absolute Gasteiger partial charge is 0.311 e. The first-order valence-corrected chi connectivity index (χ1v) is 6.01. The maximum Gasteiger partial charge on any atom is 0.237 e. The lowest BCUT2D eigenvalue weighted by molar-refractivity contribution is -0.122. The molecule has 1 heterocycles. The van der Waals surface area contributed by atoms with Gasteiger partial charge in [0.05, 0.1) is 5.41 Å². The normalized spacial score (nSPS) is 16.3. The molecule has 0 aliphatic carbocycles. The van der Waals surface area contributed by atoms with Gasteiger partial charge in [-0.3, -0.25) is 4.79 Å². The molecule has 2 rings (SSSR count). The quantitative estimate of drug-likeness (QED) is 0.347. The lowest BCUT2D eigenvalue weighted by atomic mass is 9.86. The Morgan fingerprint density at radius 1 is 1.39 bits per heavy atom. The number of nitrogens with zero attached hydrogens (tertiary/aromatic N) is 4. The first kappa shape index (κ1) is 12.5. The van der Waals surface area contributed by atoms with E-state index in [4.69, 9.17) is 5.53 Å². The van der Waals surface area contributed by atoms with E-state index in [2.05, 4.69) is 10.0 Å². The molecule has 0 aromatic heterocycles. The summed E-state index contributed by atoms with van der Waals surface area (Å²) in [5, 5.41) is 3.49. The van der Waals surface area contributed by atoms with E-state index in [9.17, 15) is 4.79 Å². The topological polar surface area (TPSA) is 69.1 Å². The van der Waals surface area contributed by atoms with Crippen LogP contribution in [0.15, 0.2) is 29.4 Å². The standard InChI is InChI=1S/C13H16N4O/c1-13(2)10-6-3-4-7-11(10)17(12(13)18)9-5-8-15-16-14/h3-4,6-7H,5,8-9H2,1-2H3. The molecule has 1 aliphatic heterocycles. The maximum atomic E-state index is 12.4. The molecule has 0 atom stereocenters. The summed E-state index contributed by atoms with van der Waals surface area (Å²) < 4.78 is 0. The molecule has 5 heteroatoms. The fraction of sp³-hybridized carbons (Fsp3) is 0.462. The summed E-state index contributed by atoms with van der Waals surface area (Å²) >= 11 is 0. The van der Waals surface area contributed by atoms with Crippen molar-refractivity contribution in [2.45, 2.75) is 25.7 Å². The van der Waals surface area contributed by atoms with Crippen LogP contribution in [-0.4, -0.2) is 19.0 Å². The minimum Gasteiger partial charge on any atom is -0.311 e. The Morgan fingerprint density at radius 3 is 2.83 bits per heavy atom. The Hall–Kier alpha value is -2.00. The highest BCUT2D eigenvalue weighted by molar-refractivity contribution is 6.07. The Bertz CT molecular complexity index is 517. The van der Waals surface area contributed by atoms with Gasteiger partial charge in [-0.2, -0.15) is 0 Å². The smallest absolute Gasteiger partial charge is 0.237 e. The van der Waals surface area contributed by atoms with Gasteiger partial charge in [-0.25, -0.2) is 0 Å². The van der Waals surface area contributed by atoms with Gasteiger partial charge in [0, 0.05) is 23.7 Å². The molecule has 5 nitrogen and oxygen atoms in total. The SMILES string of the molecule is CC1(C)C(=O)N(CCCN=[N+]=[N-])c2ccccc21. The van der Waals surface area contributed by atoms with Crippen molar-refractivity contribution < 1.29 is 4.79 Å². The number of rotatable bonds is 4. The van der Waals surface area contributed by atoms with Crippen molar-refractivity contribution in [2.24, 2.45) is 5.11 Å². The molecule has 0 saturated heterocycles. The number of anilines is 1. The van der Waals surface area contributed by atoms with Crippen LogP contribution in [0.2, 0.25) is 0 Å². The van der Waals surface area contributed by atoms with Gasteiger partial charge in [0.15, 0.2) is 0 Å². The molecule has 0 spiro atoms. The highest BCUT2D eigenvalue weighted by Gasteiger charge is 2.42. The predicted molar refractivity (Wildman–Crippen MR) is 70.5 cm³/mol. The van der Waals surface area contributed by atoms with Gasteiger partial charge in [0.2, 0.25) is 5.91 Å². The minimum atomic E-state index is -0.463. The third-order valence-corrected chi connectivity index (χ3v) is 3.35. The van der Waals surface area contributed by atoms with Crippen molar-refractivity contribution in [3.63, 3.8) is 0 Å². The first-order valence-electron chi connectivity index (χ1n) is 6.01. The summed E-state index contributed by atoms with van der Waals surface area (Å²) in [6.45, 7) is 4.91. The van der Waals surface area contributed by atoms with E-state index in [1.165, 1.54) is 0 Å². The van der Waals surface area contributed by atoms with Gasteiger partial charge in [0.1, 0.15) is 0 Å². The highest BCUT2D eigenvalue weighted by atomic mass is 16.2. The van der Waals surface area contributed by atoms with Crippen LogP contribution in [0.25, 0.3) is 10.4 Å². The molecule has 1 aromatic carbocycles. The number of amides is 1. The molecule has 0 bridgehead atoms. The van der Waals surface area contributed by atoms with Crippen LogP contribution in [0, 0.1) is 0 Å². The van der Waals surface area contributed by atoms with Crippen LogP contribution in [-0.2, 0) is 10.2 Å². The van der Waals surface area contributed by atoms with E-state index in [0.717, 1.165) is 11.3 Å². The van der Waals surface area contributed by atoms with Gasteiger partial charge in [-0.1, -0.05) is 23.3 Å². The fourth-order valence-corrected chi connectivity index (χ4v) is 2.37. The second kappa shape index (κ2) is 4.70. The Morgan fingerprint density at radius 2 is 2.11 bits per heavy atom. The van der Waals surface area contributed by atoms with E-state index in [-0.39, 0.29) is 5.91 Å². The summed E-state index contributed by atoms with van der Waals surface area (Å²) in [6, 6.07) is 7.86. The van der Waals surface area contributed by atoms with Crippen LogP contribution in [0.3, 0.4) is 0 Å². The number of hydrogen-bond donors (Lipinski definition) is 0. The number of carbonyl (C=O) groups excluding carboxylic acids is 1. The van der Waals surface area contributed by atoms with Gasteiger partial charge in [-0.05, 0) is 37.4 Å². The van der Waals surface area contributed by atoms with Crippen molar-refractivity contribution >= 4 is 11.6 Å². The van der Waals surface area contributed by atoms with E-state index in [0.29, 0.717) is 19.5 Å². The van der Waals surface area contributed by atoms with Crippen molar-refractivity contribution in [3.05, 3.63) is 40.3 Å². The van der Waals surface area contributed by atoms with E-state index in [1.54, 1.807) is 4.90 Å². The molecular formula is C13H16N4O. The molecule has 0 N–H and O–H groups in total. The van der Waals surface area contributed by atoms with Gasteiger partial charge in [-0.15, -0.1) is 0 Å². The third kappa shape index (κ3) is 1.93. The molecule has 1 aliphatic rings. The summed E-state index contributed by atoms with van der Waals surface area (Å²) in [7, 11) is 0. The van der Waals surface area contributed by atoms with Crippen molar-refractivity contribution in [3.8, 4) is 0 Å². The van der Waals surface area contributed by atoms with Crippen LogP contribution < -0.4 is 4.90 Å². The molecule has 1 amide bonds. The van der Waals surface area contributed by atoms with E-state index < -0.39 is 5.41 Å². The predicted octanol–water partition coefficient (Wildman–Crippen LogP) is 3.01. The molecule has 0 fully saturated rings. The molecule has 94 valence electrons. The maximum absolute atomic E-state index is 12.4. The lowest BCUT2D eigenvalue weighted by Crippen LogP contribution is -2.36.